The van der Waals surface area contributed by atoms with Crippen LogP contribution in [0, 0.1) is 5.92 Å². The molecule has 2 unspecified atom stereocenters. The first-order valence-electron chi connectivity index (χ1n) is 4.31. The molecular weight excluding hydrogens is 232 g/mol. The maximum absolute atomic E-state index is 11.5. The number of carbonyl (C=O) groups excluding carboxylic acids is 1. The van der Waals surface area contributed by atoms with E-state index < -0.39 is 0 Å². The molecule has 1 saturated carbocycles. The average Bonchev–Trinajstić information content (AvgIpc) is 2.62. The van der Waals surface area contributed by atoms with Gasteiger partial charge < -0.3 is 10.3 Å². The zero-order chi connectivity index (χ0) is 9.42. The van der Waals surface area contributed by atoms with Crippen LogP contribution in [0.3, 0.4) is 0 Å². The Hall–Kier alpha value is -0.770. The highest BCUT2D eigenvalue weighted by Gasteiger charge is 2.34. The van der Waals surface area contributed by atoms with E-state index in [1.807, 2.05) is 0 Å². The molecule has 2 rings (SSSR count). The Balaban J connectivity index is 1.97. The molecule has 1 heterocycles. The minimum Gasteiger partial charge on any atom is -0.356 e. The van der Waals surface area contributed by atoms with Crippen molar-refractivity contribution in [3.63, 3.8) is 0 Å². The van der Waals surface area contributed by atoms with Gasteiger partial charge >= 0.3 is 0 Å². The van der Waals surface area contributed by atoms with Gasteiger partial charge in [0.2, 0.25) is 0 Å². The molecular formula is C9H11BrN2O. The van der Waals surface area contributed by atoms with Crippen LogP contribution in [0.4, 0.5) is 0 Å². The van der Waals surface area contributed by atoms with Crippen molar-refractivity contribution in [2.75, 3.05) is 0 Å². The van der Waals surface area contributed by atoms with Crippen molar-refractivity contribution >= 4 is 21.8 Å². The predicted molar refractivity (Wildman–Crippen MR) is 53.5 cm³/mol. The van der Waals surface area contributed by atoms with Crippen molar-refractivity contribution in [2.45, 2.75) is 19.4 Å². The van der Waals surface area contributed by atoms with E-state index in [1.54, 1.807) is 12.3 Å². The van der Waals surface area contributed by atoms with Gasteiger partial charge in [-0.2, -0.15) is 0 Å². The summed E-state index contributed by atoms with van der Waals surface area (Å²) in [6.07, 6.45) is 2.86. The van der Waals surface area contributed by atoms with Crippen LogP contribution in [0.1, 0.15) is 23.8 Å². The fourth-order valence-electron chi connectivity index (χ4n) is 1.27. The molecule has 0 spiro atoms. The maximum atomic E-state index is 11.5. The van der Waals surface area contributed by atoms with Crippen LogP contribution in [0.5, 0.6) is 0 Å². The molecule has 0 radical (unpaired) electrons. The SMILES string of the molecule is CC1CC1NC(=O)c1cc(Br)c[nH]1. The summed E-state index contributed by atoms with van der Waals surface area (Å²) in [6.45, 7) is 2.13. The average molecular weight is 243 g/mol. The van der Waals surface area contributed by atoms with E-state index in [0.717, 1.165) is 10.9 Å². The Morgan fingerprint density at radius 2 is 2.46 bits per heavy atom. The van der Waals surface area contributed by atoms with E-state index in [4.69, 9.17) is 0 Å². The zero-order valence-corrected chi connectivity index (χ0v) is 8.89. The van der Waals surface area contributed by atoms with Gasteiger partial charge in [0.25, 0.3) is 5.91 Å². The van der Waals surface area contributed by atoms with Crippen LogP contribution in [-0.4, -0.2) is 16.9 Å². The van der Waals surface area contributed by atoms with Gasteiger partial charge in [0.05, 0.1) is 0 Å². The van der Waals surface area contributed by atoms with Gasteiger partial charge in [0.15, 0.2) is 0 Å². The fourth-order valence-corrected chi connectivity index (χ4v) is 1.61. The lowest BCUT2D eigenvalue weighted by molar-refractivity contribution is 0.0945. The van der Waals surface area contributed by atoms with Crippen molar-refractivity contribution in [3.05, 3.63) is 22.4 Å². The molecule has 1 aromatic rings. The summed E-state index contributed by atoms with van der Waals surface area (Å²) in [5, 5.41) is 2.94. The van der Waals surface area contributed by atoms with Crippen LogP contribution in [-0.2, 0) is 0 Å². The van der Waals surface area contributed by atoms with E-state index in [1.165, 1.54) is 0 Å². The molecule has 0 aromatic carbocycles. The number of aromatic amines is 1. The smallest absolute Gasteiger partial charge is 0.267 e. The Morgan fingerprint density at radius 1 is 1.77 bits per heavy atom. The van der Waals surface area contributed by atoms with Gasteiger partial charge in [0.1, 0.15) is 5.69 Å². The topological polar surface area (TPSA) is 44.9 Å². The molecule has 1 aliphatic rings. The van der Waals surface area contributed by atoms with Gasteiger partial charge in [-0.25, -0.2) is 0 Å². The second kappa shape index (κ2) is 3.18. The number of hydrogen-bond donors (Lipinski definition) is 2. The highest BCUT2D eigenvalue weighted by molar-refractivity contribution is 9.10. The van der Waals surface area contributed by atoms with Crippen LogP contribution < -0.4 is 5.32 Å². The summed E-state index contributed by atoms with van der Waals surface area (Å²) in [7, 11) is 0. The number of carbonyl (C=O) groups is 1. The van der Waals surface area contributed by atoms with Crippen LogP contribution in [0.2, 0.25) is 0 Å². The quantitative estimate of drug-likeness (QED) is 0.818. The minimum absolute atomic E-state index is 0.0138. The molecule has 2 atom stereocenters. The third-order valence-electron chi connectivity index (χ3n) is 2.32. The fraction of sp³-hybridized carbons (Fsp3) is 0.444. The van der Waals surface area contributed by atoms with Gasteiger partial charge in [-0.15, -0.1) is 0 Å². The molecule has 1 aromatic heterocycles. The van der Waals surface area contributed by atoms with E-state index in [0.29, 0.717) is 17.7 Å². The number of aromatic nitrogens is 1. The third kappa shape index (κ3) is 1.94. The molecule has 0 bridgehead atoms. The van der Waals surface area contributed by atoms with E-state index in [-0.39, 0.29) is 5.91 Å². The minimum atomic E-state index is -0.0138. The molecule has 0 saturated heterocycles. The first kappa shape index (κ1) is 8.81. The lowest BCUT2D eigenvalue weighted by atomic mass is 10.4. The number of H-pyrrole nitrogens is 1. The summed E-state index contributed by atoms with van der Waals surface area (Å²) in [6, 6.07) is 2.16. The molecule has 1 amide bonds. The predicted octanol–water partition coefficient (Wildman–Crippen LogP) is 1.92. The Bertz CT molecular complexity index is 334. The summed E-state index contributed by atoms with van der Waals surface area (Å²) in [4.78, 5) is 14.4. The molecule has 0 aliphatic heterocycles. The monoisotopic (exact) mass is 242 g/mol. The molecule has 13 heavy (non-hydrogen) atoms. The highest BCUT2D eigenvalue weighted by atomic mass is 79.9. The molecule has 3 nitrogen and oxygen atoms in total. The van der Waals surface area contributed by atoms with Gasteiger partial charge in [-0.3, -0.25) is 4.79 Å². The van der Waals surface area contributed by atoms with E-state index in [2.05, 4.69) is 33.2 Å². The standard InChI is InChI=1S/C9H11BrN2O/c1-5-2-7(5)12-9(13)8-3-6(10)4-11-8/h3-5,7,11H,2H2,1H3,(H,12,13). The number of halogens is 1. The van der Waals surface area contributed by atoms with Crippen LogP contribution in [0.25, 0.3) is 0 Å². The molecule has 70 valence electrons. The van der Waals surface area contributed by atoms with E-state index in [9.17, 15) is 4.79 Å². The normalized spacial score (nSPS) is 25.7. The van der Waals surface area contributed by atoms with Gasteiger partial charge in [-0.1, -0.05) is 6.92 Å². The summed E-state index contributed by atoms with van der Waals surface area (Å²) in [5.41, 5.74) is 0.617. The lowest BCUT2D eigenvalue weighted by Gasteiger charge is -2.00. The lowest BCUT2D eigenvalue weighted by Crippen LogP contribution is -2.26. The maximum Gasteiger partial charge on any atom is 0.267 e. The first-order valence-corrected chi connectivity index (χ1v) is 5.11. The number of rotatable bonds is 2. The van der Waals surface area contributed by atoms with Crippen LogP contribution >= 0.6 is 15.9 Å². The largest absolute Gasteiger partial charge is 0.356 e. The second-order valence-electron chi connectivity index (χ2n) is 3.52. The molecule has 1 fully saturated rings. The third-order valence-corrected chi connectivity index (χ3v) is 2.78. The summed E-state index contributed by atoms with van der Waals surface area (Å²) >= 11 is 3.28. The zero-order valence-electron chi connectivity index (χ0n) is 7.30. The Labute approximate surface area is 85.0 Å². The van der Waals surface area contributed by atoms with Crippen molar-refractivity contribution in [3.8, 4) is 0 Å². The molecule has 4 heteroatoms. The highest BCUT2D eigenvalue weighted by Crippen LogP contribution is 2.29. The summed E-state index contributed by atoms with van der Waals surface area (Å²) in [5.74, 6) is 0.627. The van der Waals surface area contributed by atoms with Crippen molar-refractivity contribution in [2.24, 2.45) is 5.92 Å². The Kier molecular flexibility index (Phi) is 2.15. The number of hydrogen-bond acceptors (Lipinski definition) is 1. The summed E-state index contributed by atoms with van der Waals surface area (Å²) < 4.78 is 0.904. The van der Waals surface area contributed by atoms with Crippen LogP contribution in [0.15, 0.2) is 16.7 Å². The van der Waals surface area contributed by atoms with Crippen molar-refractivity contribution in [1.29, 1.82) is 0 Å². The van der Waals surface area contributed by atoms with E-state index >= 15 is 0 Å². The van der Waals surface area contributed by atoms with Crippen molar-refractivity contribution < 1.29 is 4.79 Å². The number of nitrogens with one attached hydrogen (secondary N) is 2. The van der Waals surface area contributed by atoms with Gasteiger partial charge in [-0.05, 0) is 34.3 Å². The first-order chi connectivity index (χ1) is 6.16. The molecule has 1 aliphatic carbocycles. The Morgan fingerprint density at radius 3 is 2.92 bits per heavy atom. The molecule has 2 N–H and O–H groups in total. The second-order valence-corrected chi connectivity index (χ2v) is 4.44. The number of amides is 1. The van der Waals surface area contributed by atoms with Gasteiger partial charge in [0, 0.05) is 16.7 Å². The van der Waals surface area contributed by atoms with Crippen molar-refractivity contribution in [1.82, 2.24) is 10.3 Å².